The van der Waals surface area contributed by atoms with Crippen LogP contribution in [-0.2, 0) is 4.74 Å². The molecule has 17 heavy (non-hydrogen) atoms. The average Bonchev–Trinajstić information content (AvgIpc) is 2.81. The molecule has 0 atom stereocenters. The zero-order valence-corrected chi connectivity index (χ0v) is 10.9. The Morgan fingerprint density at radius 3 is 2.35 bits per heavy atom. The second kappa shape index (κ2) is 4.61. The fourth-order valence-electron chi connectivity index (χ4n) is 2.62. The van der Waals surface area contributed by atoms with Crippen LogP contribution < -0.4 is 0 Å². The molecule has 92 valence electrons. The van der Waals surface area contributed by atoms with E-state index >= 15 is 0 Å². The van der Waals surface area contributed by atoms with E-state index in [9.17, 15) is 4.79 Å². The van der Waals surface area contributed by atoms with Crippen LogP contribution in [0.15, 0.2) is 18.2 Å². The fraction of sp³-hybridized carbons (Fsp3) is 0.533. The highest BCUT2D eigenvalue weighted by molar-refractivity contribution is 6.02. The van der Waals surface area contributed by atoms with Crippen molar-refractivity contribution in [2.45, 2.75) is 45.1 Å². The predicted octanol–water partition coefficient (Wildman–Crippen LogP) is 3.45. The normalized spacial score (nSPS) is 18.3. The molecule has 1 aliphatic rings. The summed E-state index contributed by atoms with van der Waals surface area (Å²) in [4.78, 5) is 12.5. The molecule has 2 rings (SSSR count). The summed E-state index contributed by atoms with van der Waals surface area (Å²) in [6.45, 7) is 4.10. The summed E-state index contributed by atoms with van der Waals surface area (Å²) < 4.78 is 5.54. The van der Waals surface area contributed by atoms with Gasteiger partial charge in [0.15, 0.2) is 5.78 Å². The molecule has 0 radical (unpaired) electrons. The minimum absolute atomic E-state index is 0.153. The number of methoxy groups -OCH3 is 1. The quantitative estimate of drug-likeness (QED) is 0.746. The summed E-state index contributed by atoms with van der Waals surface area (Å²) in [5.41, 5.74) is 2.62. The van der Waals surface area contributed by atoms with Crippen LogP contribution in [0, 0.1) is 13.8 Å². The van der Waals surface area contributed by atoms with Crippen molar-refractivity contribution in [3.63, 3.8) is 0 Å². The third-order valence-electron chi connectivity index (χ3n) is 3.98. The van der Waals surface area contributed by atoms with E-state index in [1.807, 2.05) is 25.1 Å². The molecule has 0 aliphatic heterocycles. The molecule has 1 aromatic rings. The standard InChI is InChI=1S/C15H20O2/c1-11-6-7-13(10-12(11)2)14(16)15(17-3)8-4-5-9-15/h6-7,10H,4-5,8-9H2,1-3H3. The number of ketones is 1. The van der Waals surface area contributed by atoms with E-state index in [2.05, 4.69) is 6.92 Å². The van der Waals surface area contributed by atoms with Crippen LogP contribution >= 0.6 is 0 Å². The minimum Gasteiger partial charge on any atom is -0.370 e. The molecule has 0 unspecified atom stereocenters. The number of ether oxygens (including phenoxy) is 1. The Morgan fingerprint density at radius 2 is 1.82 bits per heavy atom. The van der Waals surface area contributed by atoms with Gasteiger partial charge in [0.25, 0.3) is 0 Å². The average molecular weight is 232 g/mol. The smallest absolute Gasteiger partial charge is 0.194 e. The van der Waals surface area contributed by atoms with Crippen LogP contribution in [0.4, 0.5) is 0 Å². The van der Waals surface area contributed by atoms with E-state index in [1.54, 1.807) is 7.11 Å². The molecule has 1 saturated carbocycles. The largest absolute Gasteiger partial charge is 0.370 e. The van der Waals surface area contributed by atoms with Crippen LogP contribution in [0.3, 0.4) is 0 Å². The van der Waals surface area contributed by atoms with Gasteiger partial charge in [0, 0.05) is 12.7 Å². The van der Waals surface area contributed by atoms with Gasteiger partial charge in [0.1, 0.15) is 5.60 Å². The molecule has 2 nitrogen and oxygen atoms in total. The van der Waals surface area contributed by atoms with E-state index in [-0.39, 0.29) is 5.78 Å². The molecule has 1 aromatic carbocycles. The number of carbonyl (C=O) groups excluding carboxylic acids is 1. The molecule has 0 N–H and O–H groups in total. The third kappa shape index (κ3) is 2.14. The van der Waals surface area contributed by atoms with Gasteiger partial charge in [0.05, 0.1) is 0 Å². The Bertz CT molecular complexity index is 429. The van der Waals surface area contributed by atoms with Crippen LogP contribution in [0.5, 0.6) is 0 Å². The summed E-state index contributed by atoms with van der Waals surface area (Å²) in [6.07, 6.45) is 3.89. The zero-order valence-electron chi connectivity index (χ0n) is 10.9. The van der Waals surface area contributed by atoms with Gasteiger partial charge >= 0.3 is 0 Å². The topological polar surface area (TPSA) is 26.3 Å². The van der Waals surface area contributed by atoms with Gasteiger partial charge in [0.2, 0.25) is 0 Å². The number of benzene rings is 1. The Morgan fingerprint density at radius 1 is 1.18 bits per heavy atom. The first-order chi connectivity index (χ1) is 8.09. The van der Waals surface area contributed by atoms with Crippen molar-refractivity contribution in [3.05, 3.63) is 34.9 Å². The second-order valence-corrected chi connectivity index (χ2v) is 5.03. The first kappa shape index (κ1) is 12.3. The van der Waals surface area contributed by atoms with Gasteiger partial charge < -0.3 is 4.74 Å². The van der Waals surface area contributed by atoms with E-state index in [0.29, 0.717) is 0 Å². The third-order valence-corrected chi connectivity index (χ3v) is 3.98. The molecule has 1 fully saturated rings. The number of Topliss-reactive ketones (excluding diaryl/α,β-unsaturated/α-hetero) is 1. The number of rotatable bonds is 3. The lowest BCUT2D eigenvalue weighted by atomic mass is 9.90. The Kier molecular flexibility index (Phi) is 3.34. The number of hydrogen-bond donors (Lipinski definition) is 0. The van der Waals surface area contributed by atoms with Gasteiger partial charge in [-0.05, 0) is 56.7 Å². The Hall–Kier alpha value is -1.15. The number of hydrogen-bond acceptors (Lipinski definition) is 2. The van der Waals surface area contributed by atoms with Gasteiger partial charge in [-0.25, -0.2) is 0 Å². The molecule has 0 aromatic heterocycles. The van der Waals surface area contributed by atoms with E-state index in [0.717, 1.165) is 31.2 Å². The maximum Gasteiger partial charge on any atom is 0.194 e. The summed E-state index contributed by atoms with van der Waals surface area (Å²) in [5.74, 6) is 0.153. The molecule has 0 saturated heterocycles. The van der Waals surface area contributed by atoms with Crippen molar-refractivity contribution in [2.75, 3.05) is 7.11 Å². The highest BCUT2D eigenvalue weighted by atomic mass is 16.5. The first-order valence-corrected chi connectivity index (χ1v) is 6.26. The molecular weight excluding hydrogens is 212 g/mol. The summed E-state index contributed by atoms with van der Waals surface area (Å²) in [6, 6.07) is 5.92. The maximum absolute atomic E-state index is 12.5. The lowest BCUT2D eigenvalue weighted by Crippen LogP contribution is -2.37. The van der Waals surface area contributed by atoms with Crippen LogP contribution in [0.1, 0.15) is 47.2 Å². The molecular formula is C15H20O2. The van der Waals surface area contributed by atoms with Gasteiger partial charge in [-0.3, -0.25) is 4.79 Å². The molecule has 0 heterocycles. The maximum atomic E-state index is 12.5. The molecule has 2 heteroatoms. The second-order valence-electron chi connectivity index (χ2n) is 5.03. The van der Waals surface area contributed by atoms with Crippen molar-refractivity contribution in [2.24, 2.45) is 0 Å². The van der Waals surface area contributed by atoms with Crippen LogP contribution in [0.25, 0.3) is 0 Å². The van der Waals surface area contributed by atoms with Crippen molar-refractivity contribution in [3.8, 4) is 0 Å². The minimum atomic E-state index is -0.554. The monoisotopic (exact) mass is 232 g/mol. The lowest BCUT2D eigenvalue weighted by molar-refractivity contribution is 0.00602. The Labute approximate surface area is 103 Å². The van der Waals surface area contributed by atoms with Gasteiger partial charge in [-0.2, -0.15) is 0 Å². The molecule has 0 spiro atoms. The summed E-state index contributed by atoms with van der Waals surface area (Å²) in [7, 11) is 1.66. The van der Waals surface area contributed by atoms with E-state index < -0.39 is 5.60 Å². The zero-order chi connectivity index (χ0) is 12.5. The molecule has 0 bridgehead atoms. The van der Waals surface area contributed by atoms with Gasteiger partial charge in [-0.15, -0.1) is 0 Å². The van der Waals surface area contributed by atoms with Crippen molar-refractivity contribution < 1.29 is 9.53 Å². The lowest BCUT2D eigenvalue weighted by Gasteiger charge is -2.26. The molecule has 1 aliphatic carbocycles. The number of aryl methyl sites for hydroxylation is 2. The SMILES string of the molecule is COC1(C(=O)c2ccc(C)c(C)c2)CCCC1. The van der Waals surface area contributed by atoms with Gasteiger partial charge in [-0.1, -0.05) is 12.1 Å². The highest BCUT2D eigenvalue weighted by Gasteiger charge is 2.41. The molecule has 0 amide bonds. The summed E-state index contributed by atoms with van der Waals surface area (Å²) in [5, 5.41) is 0. The van der Waals surface area contributed by atoms with Crippen LogP contribution in [-0.4, -0.2) is 18.5 Å². The van der Waals surface area contributed by atoms with Crippen LogP contribution in [0.2, 0.25) is 0 Å². The van der Waals surface area contributed by atoms with E-state index in [1.165, 1.54) is 11.1 Å². The van der Waals surface area contributed by atoms with Crippen molar-refractivity contribution in [1.29, 1.82) is 0 Å². The van der Waals surface area contributed by atoms with E-state index in [4.69, 9.17) is 4.74 Å². The van der Waals surface area contributed by atoms with Crippen molar-refractivity contribution in [1.82, 2.24) is 0 Å². The first-order valence-electron chi connectivity index (χ1n) is 6.26. The Balaban J connectivity index is 2.32. The fourth-order valence-corrected chi connectivity index (χ4v) is 2.62. The predicted molar refractivity (Wildman–Crippen MR) is 68.5 cm³/mol. The highest BCUT2D eigenvalue weighted by Crippen LogP contribution is 2.35. The number of carbonyl (C=O) groups is 1. The summed E-state index contributed by atoms with van der Waals surface area (Å²) >= 11 is 0. The van der Waals surface area contributed by atoms with Crippen molar-refractivity contribution >= 4 is 5.78 Å².